The Bertz CT molecular complexity index is 437. The van der Waals surface area contributed by atoms with Gasteiger partial charge in [0.05, 0.1) is 6.54 Å². The Morgan fingerprint density at radius 2 is 1.84 bits per heavy atom. The lowest BCUT2D eigenvalue weighted by Crippen LogP contribution is -2.52. The van der Waals surface area contributed by atoms with Gasteiger partial charge in [-0.2, -0.15) is 5.21 Å². The predicted octanol–water partition coefficient (Wildman–Crippen LogP) is -1.95. The smallest absolute Gasteiger partial charge is 0.295 e. The van der Waals surface area contributed by atoms with Crippen LogP contribution in [0.3, 0.4) is 0 Å². The summed E-state index contributed by atoms with van der Waals surface area (Å²) in [4.78, 5) is 29.0. The molecule has 1 aromatic heterocycles. The van der Waals surface area contributed by atoms with Crippen molar-refractivity contribution in [2.45, 2.75) is 0 Å². The highest BCUT2D eigenvalue weighted by Gasteiger charge is 2.26. The maximum absolute atomic E-state index is 11.9. The lowest BCUT2D eigenvalue weighted by molar-refractivity contribution is -0.133. The number of nitrogens with zero attached hydrogens (tertiary/aromatic N) is 6. The Balaban J connectivity index is 1.86. The van der Waals surface area contributed by atoms with Gasteiger partial charge in [-0.3, -0.25) is 9.59 Å². The zero-order valence-electron chi connectivity index (χ0n) is 11.0. The molecule has 1 aromatic rings. The minimum absolute atomic E-state index is 0.0630. The van der Waals surface area contributed by atoms with Gasteiger partial charge in [0.15, 0.2) is 0 Å². The molecule has 0 radical (unpaired) electrons. The molecule has 9 heteroatoms. The van der Waals surface area contributed by atoms with Gasteiger partial charge < -0.3 is 14.7 Å². The lowest BCUT2D eigenvalue weighted by atomic mass is 10.3. The van der Waals surface area contributed by atoms with Gasteiger partial charge in [-0.25, -0.2) is 0 Å². The first-order valence-corrected chi connectivity index (χ1v) is 6.03. The maximum Gasteiger partial charge on any atom is 0.295 e. The summed E-state index contributed by atoms with van der Waals surface area (Å²) < 4.78 is 0. The summed E-state index contributed by atoms with van der Waals surface area (Å²) in [6.45, 7) is 2.45. The number of aromatic amines is 1. The second-order valence-electron chi connectivity index (χ2n) is 4.65. The van der Waals surface area contributed by atoms with E-state index in [0.29, 0.717) is 32.7 Å². The van der Waals surface area contributed by atoms with Gasteiger partial charge in [0.1, 0.15) is 0 Å². The fraction of sp³-hybridized carbons (Fsp3) is 0.700. The summed E-state index contributed by atoms with van der Waals surface area (Å²) in [5, 5.41) is 12.9. The number of carbonyl (C=O) groups excluding carboxylic acids is 2. The van der Waals surface area contributed by atoms with Crippen LogP contribution in [0.2, 0.25) is 0 Å². The van der Waals surface area contributed by atoms with Crippen molar-refractivity contribution in [2.75, 3.05) is 46.8 Å². The molecule has 2 amide bonds. The van der Waals surface area contributed by atoms with E-state index in [4.69, 9.17) is 0 Å². The van der Waals surface area contributed by atoms with Gasteiger partial charge in [0.2, 0.25) is 5.91 Å². The van der Waals surface area contributed by atoms with E-state index in [0.717, 1.165) is 0 Å². The van der Waals surface area contributed by atoms with Crippen LogP contribution < -0.4 is 0 Å². The number of likely N-dealkylation sites (N-methyl/N-ethyl adjacent to an activating group) is 1. The van der Waals surface area contributed by atoms with E-state index in [-0.39, 0.29) is 17.6 Å². The Morgan fingerprint density at radius 1 is 1.21 bits per heavy atom. The van der Waals surface area contributed by atoms with E-state index < -0.39 is 0 Å². The number of hydrogen-bond acceptors (Lipinski definition) is 6. The van der Waals surface area contributed by atoms with E-state index in [1.807, 2.05) is 19.0 Å². The number of H-pyrrole nitrogens is 1. The van der Waals surface area contributed by atoms with Crippen LogP contribution in [0.4, 0.5) is 0 Å². The number of aromatic nitrogens is 4. The number of tetrazole rings is 1. The lowest BCUT2D eigenvalue weighted by Gasteiger charge is -2.34. The Labute approximate surface area is 110 Å². The molecule has 1 aliphatic heterocycles. The molecule has 1 aliphatic rings. The molecule has 1 fully saturated rings. The SMILES string of the molecule is CN(C)CC(=O)N1CCN(C(=O)c2nn[nH]n2)CC1. The topological polar surface area (TPSA) is 98.3 Å². The summed E-state index contributed by atoms with van der Waals surface area (Å²) in [6, 6.07) is 0. The first-order chi connectivity index (χ1) is 9.08. The van der Waals surface area contributed by atoms with Crippen molar-refractivity contribution in [3.63, 3.8) is 0 Å². The third kappa shape index (κ3) is 3.25. The molecule has 2 rings (SSSR count). The van der Waals surface area contributed by atoms with Gasteiger partial charge in [0, 0.05) is 26.2 Å². The van der Waals surface area contributed by atoms with Crippen LogP contribution in [-0.2, 0) is 4.79 Å². The first-order valence-electron chi connectivity index (χ1n) is 6.03. The number of amides is 2. The fourth-order valence-electron chi connectivity index (χ4n) is 1.92. The highest BCUT2D eigenvalue weighted by atomic mass is 16.2. The molecule has 1 N–H and O–H groups in total. The molecule has 0 aliphatic carbocycles. The maximum atomic E-state index is 11.9. The number of piperazine rings is 1. The number of rotatable bonds is 3. The molecule has 104 valence electrons. The standard InChI is InChI=1S/C10H17N7O2/c1-15(2)7-8(18)16-3-5-17(6-4-16)10(19)9-11-13-14-12-9/h3-7H2,1-2H3,(H,11,12,13,14). The van der Waals surface area contributed by atoms with Crippen molar-refractivity contribution in [1.29, 1.82) is 0 Å². The van der Waals surface area contributed by atoms with Crippen molar-refractivity contribution in [3.05, 3.63) is 5.82 Å². The summed E-state index contributed by atoms with van der Waals surface area (Å²) >= 11 is 0. The molecular formula is C10H17N7O2. The van der Waals surface area contributed by atoms with Gasteiger partial charge in [0.25, 0.3) is 11.7 Å². The quantitative estimate of drug-likeness (QED) is 0.683. The summed E-state index contributed by atoms with van der Waals surface area (Å²) in [5.41, 5.74) is 0. The van der Waals surface area contributed by atoms with Crippen molar-refractivity contribution >= 4 is 11.8 Å². The van der Waals surface area contributed by atoms with Crippen LogP contribution in [0.25, 0.3) is 0 Å². The average molecular weight is 267 g/mol. The molecule has 9 nitrogen and oxygen atoms in total. The fourth-order valence-corrected chi connectivity index (χ4v) is 1.92. The number of hydrogen-bond donors (Lipinski definition) is 1. The first kappa shape index (κ1) is 13.4. The predicted molar refractivity (Wildman–Crippen MR) is 65.2 cm³/mol. The molecule has 1 saturated heterocycles. The number of nitrogens with one attached hydrogen (secondary N) is 1. The van der Waals surface area contributed by atoms with Gasteiger partial charge in [-0.05, 0) is 19.3 Å². The second kappa shape index (κ2) is 5.74. The Hall–Kier alpha value is -2.03. The molecule has 0 unspecified atom stereocenters. The summed E-state index contributed by atoms with van der Waals surface area (Å²) in [6.07, 6.45) is 0. The van der Waals surface area contributed by atoms with Crippen LogP contribution in [-0.4, -0.2) is 94.0 Å². The van der Waals surface area contributed by atoms with E-state index in [1.54, 1.807) is 9.80 Å². The van der Waals surface area contributed by atoms with E-state index in [2.05, 4.69) is 20.6 Å². The highest BCUT2D eigenvalue weighted by Crippen LogP contribution is 2.05. The molecule has 19 heavy (non-hydrogen) atoms. The monoisotopic (exact) mass is 267 g/mol. The third-order valence-electron chi connectivity index (χ3n) is 2.91. The highest BCUT2D eigenvalue weighted by molar-refractivity contribution is 5.90. The van der Waals surface area contributed by atoms with Crippen molar-refractivity contribution in [2.24, 2.45) is 0 Å². The van der Waals surface area contributed by atoms with E-state index >= 15 is 0 Å². The zero-order chi connectivity index (χ0) is 13.8. The van der Waals surface area contributed by atoms with Crippen LogP contribution in [0.1, 0.15) is 10.6 Å². The molecular weight excluding hydrogens is 250 g/mol. The van der Waals surface area contributed by atoms with Crippen molar-refractivity contribution in [1.82, 2.24) is 35.3 Å². The largest absolute Gasteiger partial charge is 0.338 e. The summed E-state index contributed by atoms with van der Waals surface area (Å²) in [5.74, 6) is -0.113. The Kier molecular flexibility index (Phi) is 4.05. The normalized spacial score (nSPS) is 15.9. The number of carbonyl (C=O) groups is 2. The molecule has 2 heterocycles. The van der Waals surface area contributed by atoms with E-state index in [9.17, 15) is 9.59 Å². The van der Waals surface area contributed by atoms with E-state index in [1.165, 1.54) is 0 Å². The Morgan fingerprint density at radius 3 is 2.37 bits per heavy atom. The van der Waals surface area contributed by atoms with Crippen molar-refractivity contribution in [3.8, 4) is 0 Å². The zero-order valence-corrected chi connectivity index (χ0v) is 11.0. The summed E-state index contributed by atoms with van der Waals surface area (Å²) in [7, 11) is 3.71. The van der Waals surface area contributed by atoms with Gasteiger partial charge >= 0.3 is 0 Å². The molecule has 0 atom stereocenters. The molecule has 0 saturated carbocycles. The minimum atomic E-state index is -0.256. The van der Waals surface area contributed by atoms with Crippen LogP contribution >= 0.6 is 0 Å². The van der Waals surface area contributed by atoms with Crippen molar-refractivity contribution < 1.29 is 9.59 Å². The molecule has 0 aromatic carbocycles. The molecule has 0 spiro atoms. The van der Waals surface area contributed by atoms with Gasteiger partial charge in [-0.1, -0.05) is 0 Å². The third-order valence-corrected chi connectivity index (χ3v) is 2.91. The van der Waals surface area contributed by atoms with Crippen LogP contribution in [0, 0.1) is 0 Å². The average Bonchev–Trinajstić information content (AvgIpc) is 2.91. The van der Waals surface area contributed by atoms with Crippen LogP contribution in [0.15, 0.2) is 0 Å². The molecule has 0 bridgehead atoms. The van der Waals surface area contributed by atoms with Crippen LogP contribution in [0.5, 0.6) is 0 Å². The van der Waals surface area contributed by atoms with Gasteiger partial charge in [-0.15, -0.1) is 10.2 Å². The second-order valence-corrected chi connectivity index (χ2v) is 4.65. The minimum Gasteiger partial charge on any atom is -0.338 e.